The summed E-state index contributed by atoms with van der Waals surface area (Å²) in [5.41, 5.74) is 10.6. The second-order valence-corrected chi connectivity index (χ2v) is 8.22. The maximum atomic E-state index is 13.2. The van der Waals surface area contributed by atoms with Crippen molar-refractivity contribution in [1.29, 1.82) is 0 Å². The molecule has 0 aliphatic carbocycles. The van der Waals surface area contributed by atoms with Crippen molar-refractivity contribution in [2.24, 2.45) is 5.73 Å². The van der Waals surface area contributed by atoms with Crippen LogP contribution in [-0.2, 0) is 16.1 Å². The van der Waals surface area contributed by atoms with Gasteiger partial charge in [-0.1, -0.05) is 36.4 Å². The van der Waals surface area contributed by atoms with Crippen LogP contribution >= 0.6 is 0 Å². The Kier molecular flexibility index (Phi) is 9.23. The number of benzene rings is 3. The van der Waals surface area contributed by atoms with E-state index in [1.165, 1.54) is 17.6 Å². The van der Waals surface area contributed by atoms with Gasteiger partial charge in [-0.2, -0.15) is 0 Å². The molecule has 0 heterocycles. The molecule has 0 bridgehead atoms. The van der Waals surface area contributed by atoms with Crippen molar-refractivity contribution in [2.75, 3.05) is 11.9 Å². The smallest absolute Gasteiger partial charge is 0.267 e. The van der Waals surface area contributed by atoms with Crippen molar-refractivity contribution in [3.63, 3.8) is 0 Å². The number of hydrogen-bond acceptors (Lipinski definition) is 6. The van der Waals surface area contributed by atoms with E-state index in [1.807, 2.05) is 12.1 Å². The fraction of sp³-hybridized carbons (Fsp3) is 0.192. The predicted octanol–water partition coefficient (Wildman–Crippen LogP) is 2.17. The first-order chi connectivity index (χ1) is 17.3. The molecule has 0 spiro atoms. The quantitative estimate of drug-likeness (QED) is 0.189. The average molecular weight is 494 g/mol. The molecule has 0 unspecified atom stereocenters. The van der Waals surface area contributed by atoms with E-state index < -0.39 is 23.9 Å². The van der Waals surface area contributed by atoms with Crippen LogP contribution in [0.5, 0.6) is 0 Å². The molecule has 3 rings (SSSR count). The van der Waals surface area contributed by atoms with Gasteiger partial charge in [-0.15, -0.1) is 0 Å². The molecular formula is C26H28FN5O4. The standard InChI is InChI=1S/C26H28FN5O4/c1-16(28)24(26(35)32-36)31-25(34)20-7-5-18(6-8-20)19-9-11-22(12-10-19)30-23(33)15-29-14-17-3-2-4-21(27)13-17/h2-13,16,24,29,36H,14-15,28H2,1H3,(H,30,33)(H,31,34)(H,32,35)/t16-,24+/m1/s1. The Balaban J connectivity index is 1.53. The minimum atomic E-state index is -1.08. The molecule has 9 nitrogen and oxygen atoms in total. The highest BCUT2D eigenvalue weighted by molar-refractivity contribution is 5.98. The van der Waals surface area contributed by atoms with Crippen molar-refractivity contribution in [3.8, 4) is 11.1 Å². The monoisotopic (exact) mass is 493 g/mol. The second-order valence-electron chi connectivity index (χ2n) is 8.22. The van der Waals surface area contributed by atoms with Crippen LogP contribution in [0.25, 0.3) is 11.1 Å². The maximum absolute atomic E-state index is 13.2. The third-order valence-corrected chi connectivity index (χ3v) is 5.36. The van der Waals surface area contributed by atoms with Crippen LogP contribution in [0.2, 0.25) is 0 Å². The van der Waals surface area contributed by atoms with Crippen molar-refractivity contribution in [1.82, 2.24) is 16.1 Å². The number of halogens is 1. The van der Waals surface area contributed by atoms with Crippen LogP contribution in [0.3, 0.4) is 0 Å². The first-order valence-corrected chi connectivity index (χ1v) is 11.2. The van der Waals surface area contributed by atoms with Crippen LogP contribution < -0.4 is 27.2 Å². The normalized spacial score (nSPS) is 12.3. The summed E-state index contributed by atoms with van der Waals surface area (Å²) in [5.74, 6) is -1.85. The zero-order valence-electron chi connectivity index (χ0n) is 19.6. The van der Waals surface area contributed by atoms with Gasteiger partial charge >= 0.3 is 0 Å². The number of nitrogens with two attached hydrogens (primary N) is 1. The van der Waals surface area contributed by atoms with Gasteiger partial charge in [0.25, 0.3) is 11.8 Å². The first kappa shape index (κ1) is 26.5. The van der Waals surface area contributed by atoms with Crippen molar-refractivity contribution in [2.45, 2.75) is 25.6 Å². The van der Waals surface area contributed by atoms with Crippen LogP contribution in [0, 0.1) is 5.82 Å². The lowest BCUT2D eigenvalue weighted by Gasteiger charge is -2.20. The van der Waals surface area contributed by atoms with E-state index >= 15 is 0 Å². The van der Waals surface area contributed by atoms with E-state index in [0.717, 1.165) is 16.7 Å². The van der Waals surface area contributed by atoms with E-state index in [2.05, 4.69) is 16.0 Å². The van der Waals surface area contributed by atoms with Crippen LogP contribution in [0.15, 0.2) is 72.8 Å². The SMILES string of the molecule is C[C@@H](N)[C@H](NC(=O)c1ccc(-c2ccc(NC(=O)CNCc3cccc(F)c3)cc2)cc1)C(=O)NO. The van der Waals surface area contributed by atoms with E-state index in [9.17, 15) is 18.8 Å². The zero-order chi connectivity index (χ0) is 26.1. The van der Waals surface area contributed by atoms with Crippen LogP contribution in [0.1, 0.15) is 22.8 Å². The molecule has 36 heavy (non-hydrogen) atoms. The molecule has 188 valence electrons. The molecule has 0 aliphatic rings. The van der Waals surface area contributed by atoms with Crippen molar-refractivity contribution >= 4 is 23.4 Å². The highest BCUT2D eigenvalue weighted by Crippen LogP contribution is 2.22. The summed E-state index contributed by atoms with van der Waals surface area (Å²) in [6.45, 7) is 1.99. The molecule has 0 saturated carbocycles. The Morgan fingerprint density at radius 3 is 2.19 bits per heavy atom. The summed E-state index contributed by atoms with van der Waals surface area (Å²) in [4.78, 5) is 36.3. The lowest BCUT2D eigenvalue weighted by atomic mass is 10.0. The molecule has 0 radical (unpaired) electrons. The maximum Gasteiger partial charge on any atom is 0.267 e. The minimum Gasteiger partial charge on any atom is -0.339 e. The van der Waals surface area contributed by atoms with Gasteiger partial charge in [-0.3, -0.25) is 19.6 Å². The molecule has 3 amide bonds. The van der Waals surface area contributed by atoms with E-state index in [0.29, 0.717) is 17.8 Å². The summed E-state index contributed by atoms with van der Waals surface area (Å²) in [5, 5.41) is 17.1. The Morgan fingerprint density at radius 1 is 0.972 bits per heavy atom. The van der Waals surface area contributed by atoms with E-state index in [-0.39, 0.29) is 18.3 Å². The third kappa shape index (κ3) is 7.44. The number of rotatable bonds is 10. The highest BCUT2D eigenvalue weighted by atomic mass is 19.1. The third-order valence-electron chi connectivity index (χ3n) is 5.36. The summed E-state index contributed by atoms with van der Waals surface area (Å²) in [6.07, 6.45) is 0. The Morgan fingerprint density at radius 2 is 1.61 bits per heavy atom. The van der Waals surface area contributed by atoms with E-state index in [1.54, 1.807) is 55.5 Å². The number of carbonyl (C=O) groups excluding carboxylic acids is 3. The van der Waals surface area contributed by atoms with E-state index in [4.69, 9.17) is 10.9 Å². The summed E-state index contributed by atoms with van der Waals surface area (Å²) in [6, 6.07) is 18.3. The molecule has 3 aromatic rings. The lowest BCUT2D eigenvalue weighted by Crippen LogP contribution is -2.54. The highest BCUT2D eigenvalue weighted by Gasteiger charge is 2.24. The van der Waals surface area contributed by atoms with Crippen molar-refractivity contribution in [3.05, 3.63) is 89.7 Å². The van der Waals surface area contributed by atoms with Crippen molar-refractivity contribution < 1.29 is 24.0 Å². The molecular weight excluding hydrogens is 465 g/mol. The topological polar surface area (TPSA) is 146 Å². The molecule has 0 aromatic heterocycles. The molecule has 10 heteroatoms. The molecule has 0 aliphatic heterocycles. The summed E-state index contributed by atoms with van der Waals surface area (Å²) < 4.78 is 13.2. The lowest BCUT2D eigenvalue weighted by molar-refractivity contribution is -0.131. The largest absolute Gasteiger partial charge is 0.339 e. The number of anilines is 1. The number of nitrogens with one attached hydrogen (secondary N) is 4. The fourth-order valence-electron chi connectivity index (χ4n) is 3.46. The first-order valence-electron chi connectivity index (χ1n) is 11.2. The van der Waals surface area contributed by atoms with Gasteiger partial charge in [0.05, 0.1) is 6.54 Å². The molecule has 0 saturated heterocycles. The number of carbonyl (C=O) groups is 3. The van der Waals surface area contributed by atoms with Gasteiger partial charge in [0, 0.05) is 23.8 Å². The number of amides is 3. The number of hydroxylamine groups is 1. The van der Waals surface area contributed by atoms with Gasteiger partial charge in [0.1, 0.15) is 11.9 Å². The summed E-state index contributed by atoms with van der Waals surface area (Å²) >= 11 is 0. The second kappa shape index (κ2) is 12.5. The molecule has 3 aromatic carbocycles. The zero-order valence-corrected chi connectivity index (χ0v) is 19.6. The Labute approximate surface area is 207 Å². The molecule has 7 N–H and O–H groups in total. The van der Waals surface area contributed by atoms with Gasteiger partial charge in [-0.05, 0) is 60.0 Å². The van der Waals surface area contributed by atoms with Gasteiger partial charge < -0.3 is 21.7 Å². The van der Waals surface area contributed by atoms with Gasteiger partial charge in [-0.25, -0.2) is 9.87 Å². The minimum absolute atomic E-state index is 0.0749. The Bertz CT molecular complexity index is 1200. The average Bonchev–Trinajstić information content (AvgIpc) is 2.87. The predicted molar refractivity (Wildman–Crippen MR) is 133 cm³/mol. The molecule has 0 fully saturated rings. The number of hydrogen-bond donors (Lipinski definition) is 6. The van der Waals surface area contributed by atoms with Gasteiger partial charge in [0.15, 0.2) is 0 Å². The van der Waals surface area contributed by atoms with Crippen LogP contribution in [-0.4, -0.2) is 41.6 Å². The van der Waals surface area contributed by atoms with Gasteiger partial charge in [0.2, 0.25) is 5.91 Å². The Hall–Kier alpha value is -4.12. The molecule has 2 atom stereocenters. The van der Waals surface area contributed by atoms with Crippen LogP contribution in [0.4, 0.5) is 10.1 Å². The summed E-state index contributed by atoms with van der Waals surface area (Å²) in [7, 11) is 0. The fourth-order valence-corrected chi connectivity index (χ4v) is 3.46.